The summed E-state index contributed by atoms with van der Waals surface area (Å²) in [6, 6.07) is 6.41. The van der Waals surface area contributed by atoms with Crippen LogP contribution in [-0.4, -0.2) is 12.6 Å². The maximum atomic E-state index is 12.9. The fourth-order valence-electron chi connectivity index (χ4n) is 3.02. The van der Waals surface area contributed by atoms with E-state index in [1.54, 1.807) is 12.1 Å². The van der Waals surface area contributed by atoms with Crippen LogP contribution in [0.15, 0.2) is 24.3 Å². The Kier molecular flexibility index (Phi) is 1.90. The van der Waals surface area contributed by atoms with Crippen LogP contribution in [0.25, 0.3) is 0 Å². The Labute approximate surface area is 91.7 Å². The Morgan fingerprint density at radius 1 is 1.19 bits per heavy atom. The normalized spacial score (nSPS) is 32.6. The summed E-state index contributed by atoms with van der Waals surface area (Å²) in [5, 5.41) is 3.24. The largest absolute Gasteiger partial charge is 0.416 e. The van der Waals surface area contributed by atoms with Gasteiger partial charge in [0.05, 0.1) is 5.56 Å². The van der Waals surface area contributed by atoms with Crippen molar-refractivity contribution in [1.82, 2.24) is 5.32 Å². The highest BCUT2D eigenvalue weighted by Crippen LogP contribution is 2.51. The average molecular weight is 227 g/mol. The van der Waals surface area contributed by atoms with Crippen molar-refractivity contribution >= 4 is 0 Å². The number of hydrogen-bond acceptors (Lipinski definition) is 1. The van der Waals surface area contributed by atoms with Gasteiger partial charge in [-0.25, -0.2) is 0 Å². The molecule has 4 heteroatoms. The molecule has 1 aliphatic carbocycles. The van der Waals surface area contributed by atoms with Crippen LogP contribution in [-0.2, 0) is 11.6 Å². The number of benzene rings is 1. The van der Waals surface area contributed by atoms with Crippen LogP contribution in [0.4, 0.5) is 13.2 Å². The van der Waals surface area contributed by atoms with Crippen LogP contribution in [0.3, 0.4) is 0 Å². The molecule has 0 atom stereocenters. The molecule has 2 aliphatic heterocycles. The van der Waals surface area contributed by atoms with Crippen LogP contribution in [0, 0.1) is 0 Å². The molecule has 2 bridgehead atoms. The summed E-state index contributed by atoms with van der Waals surface area (Å²) >= 11 is 0. The maximum Gasteiger partial charge on any atom is 0.416 e. The maximum absolute atomic E-state index is 12.9. The smallest absolute Gasteiger partial charge is 0.313 e. The van der Waals surface area contributed by atoms with E-state index in [1.807, 2.05) is 0 Å². The molecule has 2 heterocycles. The van der Waals surface area contributed by atoms with Gasteiger partial charge >= 0.3 is 6.18 Å². The highest BCUT2D eigenvalue weighted by Gasteiger charge is 2.53. The molecule has 1 aromatic rings. The van der Waals surface area contributed by atoms with Crippen molar-refractivity contribution in [3.63, 3.8) is 0 Å². The third kappa shape index (κ3) is 1.29. The molecule has 1 saturated carbocycles. The summed E-state index contributed by atoms with van der Waals surface area (Å²) in [5.74, 6) is 0. The van der Waals surface area contributed by atoms with Crippen molar-refractivity contribution < 1.29 is 13.2 Å². The van der Waals surface area contributed by atoms with Gasteiger partial charge in [-0.15, -0.1) is 0 Å². The Hall–Kier alpha value is -1.03. The Morgan fingerprint density at radius 2 is 1.88 bits per heavy atom. The molecule has 1 aromatic carbocycles. The fraction of sp³-hybridized carbons (Fsp3) is 0.500. The molecule has 2 saturated heterocycles. The first kappa shape index (κ1) is 10.1. The predicted molar refractivity (Wildman–Crippen MR) is 54.1 cm³/mol. The standard InChI is InChI=1S/C12H12F3N/c13-12(14,15)10-4-2-1-3-9(10)11-5-8(6-11)16-7-11/h1-4,8,16H,5-7H2. The molecule has 0 aromatic heterocycles. The quantitative estimate of drug-likeness (QED) is 0.777. The van der Waals surface area contributed by atoms with Crippen LogP contribution in [0.1, 0.15) is 24.0 Å². The summed E-state index contributed by atoms with van der Waals surface area (Å²) < 4.78 is 38.6. The number of halogens is 3. The Bertz CT molecular complexity index is 413. The second-order valence-electron chi connectivity index (χ2n) is 4.81. The highest BCUT2D eigenvalue weighted by atomic mass is 19.4. The molecule has 0 amide bonds. The number of hydrogen-bond donors (Lipinski definition) is 1. The van der Waals surface area contributed by atoms with Gasteiger partial charge in [-0.2, -0.15) is 13.2 Å². The van der Waals surface area contributed by atoms with Gasteiger partial charge in [0.15, 0.2) is 0 Å². The zero-order valence-corrected chi connectivity index (χ0v) is 8.64. The topological polar surface area (TPSA) is 12.0 Å². The van der Waals surface area contributed by atoms with E-state index in [4.69, 9.17) is 0 Å². The lowest BCUT2D eigenvalue weighted by molar-refractivity contribution is -0.139. The van der Waals surface area contributed by atoms with Crippen molar-refractivity contribution in [2.75, 3.05) is 6.54 Å². The Morgan fingerprint density at radius 3 is 2.44 bits per heavy atom. The first-order chi connectivity index (χ1) is 7.51. The van der Waals surface area contributed by atoms with E-state index in [0.29, 0.717) is 18.2 Å². The monoisotopic (exact) mass is 227 g/mol. The molecule has 0 spiro atoms. The van der Waals surface area contributed by atoms with Gasteiger partial charge < -0.3 is 5.32 Å². The molecule has 0 unspecified atom stereocenters. The Balaban J connectivity index is 2.07. The van der Waals surface area contributed by atoms with Crippen molar-refractivity contribution in [2.24, 2.45) is 0 Å². The lowest BCUT2D eigenvalue weighted by atomic mass is 9.64. The second kappa shape index (κ2) is 3.00. The summed E-state index contributed by atoms with van der Waals surface area (Å²) in [5.41, 5.74) is -0.238. The van der Waals surface area contributed by atoms with Gasteiger partial charge in [-0.05, 0) is 24.5 Å². The van der Waals surface area contributed by atoms with Crippen molar-refractivity contribution in [3.05, 3.63) is 35.4 Å². The minimum absolute atomic E-state index is 0.253. The van der Waals surface area contributed by atoms with Gasteiger partial charge in [-0.3, -0.25) is 0 Å². The summed E-state index contributed by atoms with van der Waals surface area (Å²) in [6.45, 7) is 0.685. The molecule has 3 fully saturated rings. The first-order valence-corrected chi connectivity index (χ1v) is 5.41. The van der Waals surface area contributed by atoms with Crippen molar-refractivity contribution in [1.29, 1.82) is 0 Å². The minimum atomic E-state index is -4.24. The zero-order valence-electron chi connectivity index (χ0n) is 8.64. The van der Waals surface area contributed by atoms with Gasteiger partial charge in [0.2, 0.25) is 0 Å². The number of fused-ring (bicyclic) bond motifs is 1. The minimum Gasteiger partial charge on any atom is -0.313 e. The van der Waals surface area contributed by atoms with E-state index in [2.05, 4.69) is 5.32 Å². The van der Waals surface area contributed by atoms with Crippen molar-refractivity contribution in [3.8, 4) is 0 Å². The van der Waals surface area contributed by atoms with E-state index in [9.17, 15) is 13.2 Å². The number of rotatable bonds is 1. The van der Waals surface area contributed by atoms with Crippen LogP contribution in [0.5, 0.6) is 0 Å². The lowest BCUT2D eigenvalue weighted by Gasteiger charge is -2.39. The summed E-state index contributed by atoms with van der Waals surface area (Å²) in [7, 11) is 0. The van der Waals surface area contributed by atoms with Gasteiger partial charge in [-0.1, -0.05) is 18.2 Å². The van der Waals surface area contributed by atoms with E-state index < -0.39 is 11.7 Å². The molecule has 1 nitrogen and oxygen atoms in total. The van der Waals surface area contributed by atoms with Crippen LogP contribution in [0.2, 0.25) is 0 Å². The third-order valence-electron chi connectivity index (χ3n) is 3.81. The summed E-state index contributed by atoms with van der Waals surface area (Å²) in [4.78, 5) is 0. The van der Waals surface area contributed by atoms with Gasteiger partial charge in [0.1, 0.15) is 0 Å². The van der Waals surface area contributed by atoms with Crippen molar-refractivity contribution in [2.45, 2.75) is 30.5 Å². The molecular formula is C12H12F3N. The summed E-state index contributed by atoms with van der Waals surface area (Å²) in [6.07, 6.45) is -2.54. The molecular weight excluding hydrogens is 215 g/mol. The van der Waals surface area contributed by atoms with Gasteiger partial charge in [0.25, 0.3) is 0 Å². The third-order valence-corrected chi connectivity index (χ3v) is 3.81. The number of alkyl halides is 3. The lowest BCUT2D eigenvalue weighted by Crippen LogP contribution is -2.39. The van der Waals surface area contributed by atoms with E-state index in [1.165, 1.54) is 12.1 Å². The van der Waals surface area contributed by atoms with Crippen LogP contribution >= 0.6 is 0 Å². The van der Waals surface area contributed by atoms with E-state index in [-0.39, 0.29) is 5.41 Å². The molecule has 3 aliphatic rings. The number of nitrogens with one attached hydrogen (secondary N) is 1. The molecule has 1 N–H and O–H groups in total. The SMILES string of the molecule is FC(F)(F)c1ccccc1C12CNC(C1)C2. The van der Waals surface area contributed by atoms with E-state index in [0.717, 1.165) is 12.8 Å². The zero-order chi connectivity index (χ0) is 11.4. The van der Waals surface area contributed by atoms with Crippen LogP contribution < -0.4 is 5.32 Å². The molecule has 16 heavy (non-hydrogen) atoms. The average Bonchev–Trinajstić information content (AvgIpc) is 2.75. The predicted octanol–water partition coefficient (Wildman–Crippen LogP) is 2.71. The van der Waals surface area contributed by atoms with E-state index >= 15 is 0 Å². The second-order valence-corrected chi connectivity index (χ2v) is 4.81. The van der Waals surface area contributed by atoms with Gasteiger partial charge in [0, 0.05) is 18.0 Å². The molecule has 4 rings (SSSR count). The highest BCUT2D eigenvalue weighted by molar-refractivity contribution is 5.41. The molecule has 0 radical (unpaired) electrons. The first-order valence-electron chi connectivity index (χ1n) is 5.41. The fourth-order valence-corrected chi connectivity index (χ4v) is 3.02. The molecule has 86 valence electrons.